The van der Waals surface area contributed by atoms with Crippen molar-refractivity contribution in [2.24, 2.45) is 11.5 Å². The standard InChI is InChI=1S/2C8H16N2O4.Co/c2*9-4-2-1-3-6(8(13)14)10-5-7(11)12;/h2*6,10H,1-5,9H2,(H,11,12)(H,13,14);/q;;+2/p-2/t2*6-;/m00./s1. The molecule has 8 N–H and O–H groups in total. The Kier molecular flexibility index (Phi) is 23.0. The van der Waals surface area contributed by atoms with Gasteiger partial charge in [-0.15, -0.1) is 0 Å². The van der Waals surface area contributed by atoms with Gasteiger partial charge in [0.2, 0.25) is 0 Å². The third-order valence-corrected chi connectivity index (χ3v) is 3.46. The van der Waals surface area contributed by atoms with Gasteiger partial charge in [-0.3, -0.25) is 20.2 Å². The van der Waals surface area contributed by atoms with Gasteiger partial charge in [0.05, 0.1) is 25.0 Å². The van der Waals surface area contributed by atoms with Crippen molar-refractivity contribution in [2.45, 2.75) is 50.6 Å². The second kappa shape index (κ2) is 20.9. The number of carboxylic acid groups (broad SMARTS) is 4. The van der Waals surface area contributed by atoms with Crippen LogP contribution in [0.5, 0.6) is 0 Å². The SMILES string of the molecule is NCCCC[C@H](NCC(=O)O)C(=O)[O-].NCCCC[C@H](NCC(=O)O)C(=O)[O-].[Co+2]. The van der Waals surface area contributed by atoms with Gasteiger partial charge in [-0.25, -0.2) is 0 Å². The van der Waals surface area contributed by atoms with Crippen molar-refractivity contribution in [1.29, 1.82) is 0 Å². The summed E-state index contributed by atoms with van der Waals surface area (Å²) >= 11 is 0. The van der Waals surface area contributed by atoms with E-state index in [4.69, 9.17) is 21.7 Å². The Labute approximate surface area is 179 Å². The number of carbonyl (C=O) groups excluding carboxylic acids is 2. The van der Waals surface area contributed by atoms with Gasteiger partial charge in [0.1, 0.15) is 0 Å². The Morgan fingerprint density at radius 1 is 0.724 bits per heavy atom. The van der Waals surface area contributed by atoms with Gasteiger partial charge in [-0.1, -0.05) is 12.8 Å². The zero-order valence-electron chi connectivity index (χ0n) is 16.1. The maximum atomic E-state index is 10.5. The van der Waals surface area contributed by atoms with Gasteiger partial charge in [-0.05, 0) is 38.8 Å². The molecule has 0 aliphatic heterocycles. The first-order valence-corrected chi connectivity index (χ1v) is 8.87. The second-order valence-electron chi connectivity index (χ2n) is 5.86. The Balaban J connectivity index is -0.000000451. The van der Waals surface area contributed by atoms with E-state index in [9.17, 15) is 29.4 Å². The van der Waals surface area contributed by atoms with E-state index in [1.54, 1.807) is 0 Å². The molecular weight excluding hydrogens is 435 g/mol. The fraction of sp³-hybridized carbons (Fsp3) is 0.750. The van der Waals surface area contributed by atoms with Crippen LogP contribution in [0.2, 0.25) is 0 Å². The maximum Gasteiger partial charge on any atom is 2.00 e. The Morgan fingerprint density at radius 2 is 1.03 bits per heavy atom. The zero-order chi connectivity index (χ0) is 21.9. The van der Waals surface area contributed by atoms with Crippen LogP contribution in [0.15, 0.2) is 0 Å². The minimum Gasteiger partial charge on any atom is -0.548 e. The number of nitrogens with two attached hydrogens (primary N) is 2. The van der Waals surface area contributed by atoms with Crippen LogP contribution in [-0.4, -0.2) is 72.4 Å². The van der Waals surface area contributed by atoms with Crippen LogP contribution in [0.25, 0.3) is 0 Å². The number of hydrogen-bond donors (Lipinski definition) is 6. The quantitative estimate of drug-likeness (QED) is 0.119. The predicted molar refractivity (Wildman–Crippen MR) is 94.7 cm³/mol. The van der Waals surface area contributed by atoms with Crippen molar-refractivity contribution in [1.82, 2.24) is 10.6 Å². The number of nitrogens with one attached hydrogen (secondary N) is 2. The molecule has 171 valence electrons. The first-order chi connectivity index (χ1) is 13.1. The van der Waals surface area contributed by atoms with E-state index < -0.39 is 36.0 Å². The summed E-state index contributed by atoms with van der Waals surface area (Å²) in [5.74, 6) is -4.73. The molecule has 29 heavy (non-hydrogen) atoms. The molecule has 0 unspecified atom stereocenters. The number of carboxylic acids is 4. The van der Waals surface area contributed by atoms with Crippen LogP contribution in [0.4, 0.5) is 0 Å². The van der Waals surface area contributed by atoms with Crippen LogP contribution >= 0.6 is 0 Å². The number of aliphatic carboxylic acids is 4. The summed E-state index contributed by atoms with van der Waals surface area (Å²) in [6.07, 6.45) is 3.40. The van der Waals surface area contributed by atoms with E-state index in [1.165, 1.54) is 0 Å². The molecule has 0 rings (SSSR count). The first-order valence-electron chi connectivity index (χ1n) is 8.87. The van der Waals surface area contributed by atoms with E-state index >= 15 is 0 Å². The summed E-state index contributed by atoms with van der Waals surface area (Å²) in [6.45, 7) is 0.250. The van der Waals surface area contributed by atoms with Gasteiger partial charge in [-0.2, -0.15) is 0 Å². The molecule has 12 nitrogen and oxygen atoms in total. The number of carbonyl (C=O) groups is 4. The van der Waals surface area contributed by atoms with Gasteiger partial charge in [0.15, 0.2) is 0 Å². The topological polar surface area (TPSA) is 231 Å². The van der Waals surface area contributed by atoms with E-state index in [-0.39, 0.29) is 29.9 Å². The first kappa shape index (κ1) is 31.9. The predicted octanol–water partition coefficient (Wildman–Crippen LogP) is -4.19. The molecule has 0 saturated carbocycles. The molecule has 0 saturated heterocycles. The fourth-order valence-electron chi connectivity index (χ4n) is 2.01. The smallest absolute Gasteiger partial charge is 0.548 e. The molecule has 13 heteroatoms. The van der Waals surface area contributed by atoms with Crippen LogP contribution in [-0.2, 0) is 36.0 Å². The minimum atomic E-state index is -1.27. The second-order valence-corrected chi connectivity index (χ2v) is 5.86. The molecule has 0 bridgehead atoms. The molecule has 0 aromatic rings. The number of unbranched alkanes of at least 4 members (excludes halogenated alkanes) is 2. The summed E-state index contributed by atoms with van der Waals surface area (Å²) in [4.78, 5) is 41.3. The van der Waals surface area contributed by atoms with Crippen molar-refractivity contribution < 1.29 is 56.4 Å². The third-order valence-electron chi connectivity index (χ3n) is 3.46. The van der Waals surface area contributed by atoms with Crippen molar-refractivity contribution >= 4 is 23.9 Å². The molecular formula is C16H30CoN4O8. The molecule has 0 fully saturated rings. The average molecular weight is 465 g/mol. The fourth-order valence-corrected chi connectivity index (χ4v) is 2.01. The summed E-state index contributed by atoms with van der Waals surface area (Å²) in [5.41, 5.74) is 10.5. The molecule has 0 aliphatic carbocycles. The normalized spacial score (nSPS) is 11.9. The molecule has 0 amide bonds. The van der Waals surface area contributed by atoms with Crippen LogP contribution < -0.4 is 32.3 Å². The van der Waals surface area contributed by atoms with Crippen molar-refractivity contribution in [2.75, 3.05) is 26.2 Å². The molecule has 0 aromatic heterocycles. The van der Waals surface area contributed by atoms with Crippen molar-refractivity contribution in [3.05, 3.63) is 0 Å². The van der Waals surface area contributed by atoms with Gasteiger partial charge in [0, 0.05) is 12.1 Å². The molecule has 2 atom stereocenters. The van der Waals surface area contributed by atoms with Crippen LogP contribution in [0.1, 0.15) is 38.5 Å². The van der Waals surface area contributed by atoms with E-state index in [2.05, 4.69) is 10.6 Å². The van der Waals surface area contributed by atoms with Crippen LogP contribution in [0, 0.1) is 0 Å². The number of hydrogen-bond acceptors (Lipinski definition) is 10. The number of rotatable bonds is 16. The molecule has 0 heterocycles. The minimum absolute atomic E-state index is 0. The summed E-state index contributed by atoms with van der Waals surface area (Å²) in [7, 11) is 0. The van der Waals surface area contributed by atoms with Crippen LogP contribution in [0.3, 0.4) is 0 Å². The Hall–Kier alpha value is -1.77. The maximum absolute atomic E-state index is 10.5. The van der Waals surface area contributed by atoms with Gasteiger partial charge in [0.25, 0.3) is 0 Å². The monoisotopic (exact) mass is 465 g/mol. The summed E-state index contributed by atoms with van der Waals surface area (Å²) in [5, 5.41) is 42.4. The molecule has 1 radical (unpaired) electrons. The average Bonchev–Trinajstić information content (AvgIpc) is 2.60. The Bertz CT molecular complexity index is 440. The van der Waals surface area contributed by atoms with Gasteiger partial charge < -0.3 is 41.5 Å². The van der Waals surface area contributed by atoms with E-state index in [0.29, 0.717) is 38.8 Å². The molecule has 0 aromatic carbocycles. The third kappa shape index (κ3) is 22.4. The summed E-state index contributed by atoms with van der Waals surface area (Å²) < 4.78 is 0. The van der Waals surface area contributed by atoms with E-state index in [1.807, 2.05) is 0 Å². The largest absolute Gasteiger partial charge is 2.00 e. The molecule has 0 spiro atoms. The molecule has 0 aliphatic rings. The van der Waals surface area contributed by atoms with E-state index in [0.717, 1.165) is 12.8 Å². The summed E-state index contributed by atoms with van der Waals surface area (Å²) in [6, 6.07) is -1.81. The Morgan fingerprint density at radius 3 is 1.24 bits per heavy atom. The zero-order valence-corrected chi connectivity index (χ0v) is 17.1. The van der Waals surface area contributed by atoms with Crippen molar-refractivity contribution in [3.63, 3.8) is 0 Å². The van der Waals surface area contributed by atoms with Gasteiger partial charge >= 0.3 is 28.7 Å². The van der Waals surface area contributed by atoms with Crippen molar-refractivity contribution in [3.8, 4) is 0 Å².